The number of carbonyl (C=O) groups excluding carboxylic acids is 1. The highest BCUT2D eigenvalue weighted by Gasteiger charge is 2.46. The van der Waals surface area contributed by atoms with Crippen molar-refractivity contribution in [3.63, 3.8) is 0 Å². The number of rotatable bonds is 6. The van der Waals surface area contributed by atoms with Crippen LogP contribution in [-0.2, 0) is 4.79 Å². The highest BCUT2D eigenvalue weighted by molar-refractivity contribution is 5.83. The molecule has 1 saturated carbocycles. The van der Waals surface area contributed by atoms with Gasteiger partial charge in [0.05, 0.1) is 5.69 Å². The number of anilines is 1. The average Bonchev–Trinajstić information content (AvgIpc) is 3.76. The monoisotopic (exact) mass is 476 g/mol. The first kappa shape index (κ1) is 22.3. The fourth-order valence-electron chi connectivity index (χ4n) is 4.88. The molecular weight excluding hydrogens is 448 g/mol. The van der Waals surface area contributed by atoms with Crippen molar-refractivity contribution in [2.75, 3.05) is 31.1 Å². The lowest BCUT2D eigenvalue weighted by atomic mass is 10.1. The van der Waals surface area contributed by atoms with E-state index in [0.717, 1.165) is 42.3 Å². The molecule has 2 atom stereocenters. The Hall–Kier alpha value is -4.19. The number of amides is 1. The summed E-state index contributed by atoms with van der Waals surface area (Å²) in [4.78, 5) is 26.6. The number of aromatic nitrogens is 2. The predicted octanol–water partition coefficient (Wildman–Crippen LogP) is 5.39. The van der Waals surface area contributed by atoms with E-state index in [4.69, 9.17) is 9.72 Å². The molecule has 2 aliphatic rings. The number of benzene rings is 3. The molecule has 4 aromatic rings. The van der Waals surface area contributed by atoms with Crippen molar-refractivity contribution in [3.05, 3.63) is 103 Å². The van der Waals surface area contributed by atoms with Gasteiger partial charge in [-0.15, -0.1) is 0 Å². The van der Waals surface area contributed by atoms with Gasteiger partial charge < -0.3 is 14.5 Å². The van der Waals surface area contributed by atoms with Gasteiger partial charge >= 0.3 is 0 Å². The third kappa shape index (κ3) is 4.80. The Morgan fingerprint density at radius 1 is 0.778 bits per heavy atom. The molecule has 1 aliphatic heterocycles. The maximum Gasteiger partial charge on any atom is 0.226 e. The molecule has 36 heavy (non-hydrogen) atoms. The van der Waals surface area contributed by atoms with E-state index >= 15 is 0 Å². The van der Waals surface area contributed by atoms with E-state index in [1.54, 1.807) is 6.20 Å². The topological polar surface area (TPSA) is 58.6 Å². The van der Waals surface area contributed by atoms with Crippen LogP contribution in [0.25, 0.3) is 11.3 Å². The van der Waals surface area contributed by atoms with Gasteiger partial charge in [-0.25, -0.2) is 9.97 Å². The van der Waals surface area contributed by atoms with Crippen molar-refractivity contribution in [1.82, 2.24) is 14.9 Å². The summed E-state index contributed by atoms with van der Waals surface area (Å²) in [5, 5.41) is 0. The number of ether oxygens (including phenoxy) is 1. The molecule has 1 aromatic heterocycles. The quantitative estimate of drug-likeness (QED) is 0.374. The van der Waals surface area contributed by atoms with Crippen LogP contribution in [0.2, 0.25) is 0 Å². The fraction of sp³-hybridized carbons (Fsp3) is 0.233. The number of hydrogen-bond acceptors (Lipinski definition) is 5. The van der Waals surface area contributed by atoms with E-state index in [2.05, 4.69) is 34.1 Å². The van der Waals surface area contributed by atoms with Gasteiger partial charge in [-0.05, 0) is 60.4 Å². The van der Waals surface area contributed by atoms with Gasteiger partial charge in [0.1, 0.15) is 11.5 Å². The molecule has 0 spiro atoms. The SMILES string of the molecule is O=C([C@@H]1C[C@H]1c1ccccc1)N1CCN(c2nccc(-c3ccc(Oc4ccccc4)cc3)n2)CC1. The second-order valence-electron chi connectivity index (χ2n) is 9.35. The Bertz CT molecular complexity index is 1320. The zero-order valence-corrected chi connectivity index (χ0v) is 20.0. The summed E-state index contributed by atoms with van der Waals surface area (Å²) in [6, 6.07) is 30.0. The largest absolute Gasteiger partial charge is 0.457 e. The van der Waals surface area contributed by atoms with Crippen LogP contribution in [-0.4, -0.2) is 47.0 Å². The molecule has 6 rings (SSSR count). The Morgan fingerprint density at radius 3 is 2.17 bits per heavy atom. The minimum atomic E-state index is 0.132. The molecule has 1 aliphatic carbocycles. The molecule has 1 saturated heterocycles. The lowest BCUT2D eigenvalue weighted by molar-refractivity contribution is -0.133. The van der Waals surface area contributed by atoms with Crippen molar-refractivity contribution in [1.29, 1.82) is 0 Å². The minimum Gasteiger partial charge on any atom is -0.457 e. The molecule has 6 heteroatoms. The van der Waals surface area contributed by atoms with Crippen LogP contribution < -0.4 is 9.64 Å². The van der Waals surface area contributed by atoms with Gasteiger partial charge in [0.25, 0.3) is 0 Å². The van der Waals surface area contributed by atoms with E-state index in [1.165, 1.54) is 5.56 Å². The van der Waals surface area contributed by atoms with Crippen LogP contribution in [0.1, 0.15) is 17.9 Å². The molecule has 1 amide bonds. The Labute approximate surface area is 211 Å². The molecule has 3 aromatic carbocycles. The first-order valence-electron chi connectivity index (χ1n) is 12.5. The number of hydrogen-bond donors (Lipinski definition) is 0. The number of nitrogens with zero attached hydrogens (tertiary/aromatic N) is 4. The molecule has 0 bridgehead atoms. The van der Waals surface area contributed by atoms with Gasteiger partial charge in [-0.1, -0.05) is 48.5 Å². The third-order valence-corrected chi connectivity index (χ3v) is 6.98. The van der Waals surface area contributed by atoms with E-state index in [9.17, 15) is 4.79 Å². The van der Waals surface area contributed by atoms with Crippen molar-refractivity contribution < 1.29 is 9.53 Å². The fourth-order valence-corrected chi connectivity index (χ4v) is 4.88. The van der Waals surface area contributed by atoms with Gasteiger partial charge in [0.15, 0.2) is 0 Å². The summed E-state index contributed by atoms with van der Waals surface area (Å²) in [6.45, 7) is 2.88. The van der Waals surface area contributed by atoms with Crippen LogP contribution in [0.3, 0.4) is 0 Å². The van der Waals surface area contributed by atoms with Crippen LogP contribution in [0.5, 0.6) is 11.5 Å². The lowest BCUT2D eigenvalue weighted by Gasteiger charge is -2.35. The number of piperazine rings is 1. The summed E-state index contributed by atoms with van der Waals surface area (Å²) < 4.78 is 5.90. The molecule has 0 N–H and O–H groups in total. The number of para-hydroxylation sites is 1. The molecule has 2 fully saturated rings. The van der Waals surface area contributed by atoms with Crippen LogP contribution in [0.4, 0.5) is 5.95 Å². The lowest BCUT2D eigenvalue weighted by Crippen LogP contribution is -2.49. The van der Waals surface area contributed by atoms with Crippen molar-refractivity contribution in [2.45, 2.75) is 12.3 Å². The van der Waals surface area contributed by atoms with Gasteiger partial charge in [0, 0.05) is 43.9 Å². The molecule has 0 radical (unpaired) electrons. The van der Waals surface area contributed by atoms with Crippen LogP contribution >= 0.6 is 0 Å². The molecular formula is C30H28N4O2. The smallest absolute Gasteiger partial charge is 0.226 e. The Morgan fingerprint density at radius 2 is 1.44 bits per heavy atom. The van der Waals surface area contributed by atoms with Crippen LogP contribution in [0.15, 0.2) is 97.2 Å². The second-order valence-corrected chi connectivity index (χ2v) is 9.35. The van der Waals surface area contributed by atoms with E-state index in [0.29, 0.717) is 25.0 Å². The Kier molecular flexibility index (Phi) is 6.08. The van der Waals surface area contributed by atoms with Crippen molar-refractivity contribution >= 4 is 11.9 Å². The van der Waals surface area contributed by atoms with Crippen molar-refractivity contribution in [2.24, 2.45) is 5.92 Å². The summed E-state index contributed by atoms with van der Waals surface area (Å²) in [6.07, 6.45) is 2.77. The zero-order valence-electron chi connectivity index (χ0n) is 20.0. The third-order valence-electron chi connectivity index (χ3n) is 6.98. The summed E-state index contributed by atoms with van der Waals surface area (Å²) >= 11 is 0. The summed E-state index contributed by atoms with van der Waals surface area (Å²) in [7, 11) is 0. The van der Waals surface area contributed by atoms with Gasteiger partial charge in [0.2, 0.25) is 11.9 Å². The molecule has 0 unspecified atom stereocenters. The maximum absolute atomic E-state index is 13.0. The molecule has 6 nitrogen and oxygen atoms in total. The zero-order chi connectivity index (χ0) is 24.3. The van der Waals surface area contributed by atoms with Gasteiger partial charge in [-0.2, -0.15) is 0 Å². The van der Waals surface area contributed by atoms with Gasteiger partial charge in [-0.3, -0.25) is 4.79 Å². The van der Waals surface area contributed by atoms with Crippen LogP contribution in [0, 0.1) is 5.92 Å². The average molecular weight is 477 g/mol. The summed E-state index contributed by atoms with van der Waals surface area (Å²) in [5.41, 5.74) is 3.15. The van der Waals surface area contributed by atoms with E-state index in [-0.39, 0.29) is 11.8 Å². The summed E-state index contributed by atoms with van der Waals surface area (Å²) in [5.74, 6) is 3.09. The first-order valence-corrected chi connectivity index (χ1v) is 12.5. The highest BCUT2D eigenvalue weighted by atomic mass is 16.5. The predicted molar refractivity (Wildman–Crippen MR) is 140 cm³/mol. The Balaban J connectivity index is 1.06. The van der Waals surface area contributed by atoms with E-state index < -0.39 is 0 Å². The highest BCUT2D eigenvalue weighted by Crippen LogP contribution is 2.48. The van der Waals surface area contributed by atoms with Crippen molar-refractivity contribution in [3.8, 4) is 22.8 Å². The first-order chi connectivity index (χ1) is 17.7. The second kappa shape index (κ2) is 9.82. The molecule has 2 heterocycles. The minimum absolute atomic E-state index is 0.132. The normalized spacial score (nSPS) is 19.1. The standard InChI is InChI=1S/C30H28N4O2/c35-29(27-21-26(27)22-7-3-1-4-8-22)33-17-19-34(20-18-33)30-31-16-15-28(32-30)23-11-13-25(14-12-23)36-24-9-5-2-6-10-24/h1-16,26-27H,17-21H2/t26-,27+/m0/s1. The molecule has 180 valence electrons. The van der Waals surface area contributed by atoms with E-state index in [1.807, 2.05) is 71.6 Å². The number of carbonyl (C=O) groups is 1. The maximum atomic E-state index is 13.0.